The van der Waals surface area contributed by atoms with Crippen molar-refractivity contribution in [3.05, 3.63) is 57.7 Å². The molecule has 3 aromatic rings. The van der Waals surface area contributed by atoms with Crippen molar-refractivity contribution in [2.45, 2.75) is 13.8 Å². The quantitative estimate of drug-likeness (QED) is 0.576. The second-order valence-electron chi connectivity index (χ2n) is 4.78. The Balaban J connectivity index is 2.31. The Kier molecular flexibility index (Phi) is 3.36. The lowest BCUT2D eigenvalue weighted by atomic mass is 10.1. The van der Waals surface area contributed by atoms with Crippen LogP contribution < -0.4 is 0 Å². The molecule has 0 aliphatic rings. The van der Waals surface area contributed by atoms with Crippen LogP contribution in [-0.4, -0.2) is 9.97 Å². The van der Waals surface area contributed by atoms with Gasteiger partial charge in [0.2, 0.25) is 0 Å². The minimum absolute atomic E-state index is 0.450. The van der Waals surface area contributed by atoms with E-state index in [2.05, 4.69) is 9.97 Å². The molecule has 0 unspecified atom stereocenters. The van der Waals surface area contributed by atoms with Gasteiger partial charge in [0.15, 0.2) is 5.82 Å². The first-order valence-electron chi connectivity index (χ1n) is 6.25. The Morgan fingerprint density at radius 3 is 2.50 bits per heavy atom. The third kappa shape index (κ3) is 2.26. The van der Waals surface area contributed by atoms with Gasteiger partial charge < -0.3 is 0 Å². The van der Waals surface area contributed by atoms with E-state index in [0.29, 0.717) is 16.0 Å². The number of benzene rings is 2. The van der Waals surface area contributed by atoms with Crippen molar-refractivity contribution in [1.82, 2.24) is 9.97 Å². The molecule has 1 aromatic heterocycles. The molecule has 20 heavy (non-hydrogen) atoms. The Morgan fingerprint density at radius 2 is 1.75 bits per heavy atom. The van der Waals surface area contributed by atoms with Crippen LogP contribution in [0, 0.1) is 13.8 Å². The molecule has 0 radical (unpaired) electrons. The number of halogens is 2. The molecule has 100 valence electrons. The molecular weight excluding hydrogens is 291 g/mol. The highest BCUT2D eigenvalue weighted by molar-refractivity contribution is 6.35. The third-order valence-electron chi connectivity index (χ3n) is 3.29. The van der Waals surface area contributed by atoms with Gasteiger partial charge in [-0.1, -0.05) is 47.0 Å². The van der Waals surface area contributed by atoms with Crippen molar-refractivity contribution in [3.8, 4) is 11.4 Å². The summed E-state index contributed by atoms with van der Waals surface area (Å²) in [5.41, 5.74) is 3.83. The van der Waals surface area contributed by atoms with Gasteiger partial charge in [-0.2, -0.15) is 0 Å². The standard InChI is InChI=1S/C16H12Cl2N2/c1-9-4-3-5-11(8-9)16-19-14-10(2)13(17)7-6-12(14)15(18)20-16/h3-8H,1-2H3. The molecule has 0 saturated heterocycles. The van der Waals surface area contributed by atoms with E-state index < -0.39 is 0 Å². The second-order valence-corrected chi connectivity index (χ2v) is 5.54. The van der Waals surface area contributed by atoms with Gasteiger partial charge in [-0.3, -0.25) is 0 Å². The third-order valence-corrected chi connectivity index (χ3v) is 3.98. The molecule has 0 amide bonds. The molecule has 0 atom stereocenters. The van der Waals surface area contributed by atoms with Crippen molar-refractivity contribution in [1.29, 1.82) is 0 Å². The summed E-state index contributed by atoms with van der Waals surface area (Å²) in [6, 6.07) is 11.7. The zero-order chi connectivity index (χ0) is 14.3. The van der Waals surface area contributed by atoms with E-state index >= 15 is 0 Å². The first-order chi connectivity index (χ1) is 9.56. The number of aryl methyl sites for hydroxylation is 2. The van der Waals surface area contributed by atoms with Gasteiger partial charge in [-0.25, -0.2) is 9.97 Å². The van der Waals surface area contributed by atoms with Gasteiger partial charge in [0.25, 0.3) is 0 Å². The number of fused-ring (bicyclic) bond motifs is 1. The van der Waals surface area contributed by atoms with E-state index in [1.54, 1.807) is 0 Å². The molecule has 1 heterocycles. The Bertz CT molecular complexity index is 813. The van der Waals surface area contributed by atoms with Gasteiger partial charge in [-0.05, 0) is 37.6 Å². The SMILES string of the molecule is Cc1cccc(-c2nc(Cl)c3ccc(Cl)c(C)c3n2)c1. The highest BCUT2D eigenvalue weighted by atomic mass is 35.5. The first-order valence-corrected chi connectivity index (χ1v) is 7.01. The van der Waals surface area contributed by atoms with Crippen LogP contribution in [0.15, 0.2) is 36.4 Å². The van der Waals surface area contributed by atoms with Crippen LogP contribution in [0.25, 0.3) is 22.3 Å². The molecule has 0 bridgehead atoms. The summed E-state index contributed by atoms with van der Waals surface area (Å²) in [5.74, 6) is 0.622. The molecule has 2 aromatic carbocycles. The van der Waals surface area contributed by atoms with Crippen molar-refractivity contribution in [3.63, 3.8) is 0 Å². The van der Waals surface area contributed by atoms with Crippen LogP contribution in [0.4, 0.5) is 0 Å². The summed E-state index contributed by atoms with van der Waals surface area (Å²) in [7, 11) is 0. The molecule has 2 nitrogen and oxygen atoms in total. The summed E-state index contributed by atoms with van der Waals surface area (Å²) >= 11 is 12.4. The molecule has 0 spiro atoms. The molecule has 0 fully saturated rings. The normalized spacial score (nSPS) is 11.0. The lowest BCUT2D eigenvalue weighted by Gasteiger charge is -2.08. The Labute approximate surface area is 127 Å². The van der Waals surface area contributed by atoms with E-state index in [0.717, 1.165) is 27.6 Å². The Morgan fingerprint density at radius 1 is 0.950 bits per heavy atom. The summed E-state index contributed by atoms with van der Waals surface area (Å²) in [5, 5.41) is 1.96. The van der Waals surface area contributed by atoms with Crippen molar-refractivity contribution in [2.24, 2.45) is 0 Å². The number of aromatic nitrogens is 2. The fraction of sp³-hybridized carbons (Fsp3) is 0.125. The largest absolute Gasteiger partial charge is 0.228 e. The van der Waals surface area contributed by atoms with Crippen LogP contribution in [0.3, 0.4) is 0 Å². The molecule has 3 rings (SSSR count). The van der Waals surface area contributed by atoms with Crippen LogP contribution in [0.1, 0.15) is 11.1 Å². The van der Waals surface area contributed by atoms with E-state index in [9.17, 15) is 0 Å². The lowest BCUT2D eigenvalue weighted by Crippen LogP contribution is -1.94. The maximum Gasteiger partial charge on any atom is 0.161 e. The van der Waals surface area contributed by atoms with Crippen LogP contribution in [-0.2, 0) is 0 Å². The zero-order valence-corrected chi connectivity index (χ0v) is 12.6. The van der Waals surface area contributed by atoms with Crippen molar-refractivity contribution >= 4 is 34.1 Å². The molecule has 0 aliphatic heterocycles. The first kappa shape index (κ1) is 13.3. The number of hydrogen-bond acceptors (Lipinski definition) is 2. The summed E-state index contributed by atoms with van der Waals surface area (Å²) < 4.78 is 0. The fourth-order valence-corrected chi connectivity index (χ4v) is 2.57. The van der Waals surface area contributed by atoms with Gasteiger partial charge in [0.05, 0.1) is 5.52 Å². The van der Waals surface area contributed by atoms with E-state index in [1.807, 2.05) is 50.2 Å². The second kappa shape index (κ2) is 5.04. The van der Waals surface area contributed by atoms with Crippen molar-refractivity contribution in [2.75, 3.05) is 0 Å². The smallest absolute Gasteiger partial charge is 0.161 e. The van der Waals surface area contributed by atoms with Gasteiger partial charge in [0, 0.05) is 16.0 Å². The van der Waals surface area contributed by atoms with E-state index in [-0.39, 0.29) is 0 Å². The van der Waals surface area contributed by atoms with Gasteiger partial charge in [0.1, 0.15) is 5.15 Å². The minimum atomic E-state index is 0.450. The number of hydrogen-bond donors (Lipinski definition) is 0. The topological polar surface area (TPSA) is 25.8 Å². The summed E-state index contributed by atoms with van der Waals surface area (Å²) in [6.07, 6.45) is 0. The minimum Gasteiger partial charge on any atom is -0.228 e. The molecule has 4 heteroatoms. The number of rotatable bonds is 1. The lowest BCUT2D eigenvalue weighted by molar-refractivity contribution is 1.21. The average molecular weight is 303 g/mol. The fourth-order valence-electron chi connectivity index (χ4n) is 2.18. The van der Waals surface area contributed by atoms with Crippen LogP contribution >= 0.6 is 23.2 Å². The van der Waals surface area contributed by atoms with Gasteiger partial charge in [-0.15, -0.1) is 0 Å². The molecule has 0 N–H and O–H groups in total. The summed E-state index contributed by atoms with van der Waals surface area (Å²) in [6.45, 7) is 3.97. The monoisotopic (exact) mass is 302 g/mol. The van der Waals surface area contributed by atoms with Gasteiger partial charge >= 0.3 is 0 Å². The number of nitrogens with zero attached hydrogens (tertiary/aromatic N) is 2. The van der Waals surface area contributed by atoms with E-state index in [1.165, 1.54) is 0 Å². The van der Waals surface area contributed by atoms with Crippen LogP contribution in [0.5, 0.6) is 0 Å². The van der Waals surface area contributed by atoms with E-state index in [4.69, 9.17) is 23.2 Å². The maximum atomic E-state index is 6.28. The highest BCUT2D eigenvalue weighted by Gasteiger charge is 2.11. The predicted octanol–water partition coefficient (Wildman–Crippen LogP) is 5.22. The average Bonchev–Trinajstić information content (AvgIpc) is 2.43. The Hall–Kier alpha value is -1.64. The maximum absolute atomic E-state index is 6.28. The van der Waals surface area contributed by atoms with Crippen molar-refractivity contribution < 1.29 is 0 Å². The zero-order valence-electron chi connectivity index (χ0n) is 11.1. The highest BCUT2D eigenvalue weighted by Crippen LogP contribution is 2.30. The predicted molar refractivity (Wildman–Crippen MR) is 84.5 cm³/mol. The van der Waals surface area contributed by atoms with Crippen LogP contribution in [0.2, 0.25) is 10.2 Å². The molecule has 0 aliphatic carbocycles. The molecule has 0 saturated carbocycles. The summed E-state index contributed by atoms with van der Waals surface area (Å²) in [4.78, 5) is 9.02. The molecular formula is C16H12Cl2N2.